The average molecular weight is 497 g/mol. The summed E-state index contributed by atoms with van der Waals surface area (Å²) in [5.41, 5.74) is 4.80. The highest BCUT2D eigenvalue weighted by atomic mass is 16.2. The van der Waals surface area contributed by atoms with Crippen LogP contribution in [-0.2, 0) is 26.1 Å². The molecule has 188 valence electrons. The third-order valence-electron chi connectivity index (χ3n) is 6.09. The van der Waals surface area contributed by atoms with Crippen LogP contribution in [0.5, 0.6) is 0 Å². The molecule has 0 atom stereocenters. The Balaban J connectivity index is 1.05. The van der Waals surface area contributed by atoms with Gasteiger partial charge in [-0.2, -0.15) is 4.80 Å². The number of aromatic nitrogens is 4. The van der Waals surface area contributed by atoms with Gasteiger partial charge < -0.3 is 20.9 Å². The number of urea groups is 2. The SMILES string of the molecule is O=C(NCc1ccc(CN2CCNC2=O)cc1)Nc1ccc(CCn2nnc(-c3ccccc3)n2)cc1. The second-order valence-corrected chi connectivity index (χ2v) is 8.80. The van der Waals surface area contributed by atoms with Crippen molar-refractivity contribution in [1.29, 1.82) is 0 Å². The van der Waals surface area contributed by atoms with Gasteiger partial charge in [0, 0.05) is 37.4 Å². The predicted molar refractivity (Wildman–Crippen MR) is 140 cm³/mol. The number of tetrazole rings is 1. The molecule has 0 bridgehead atoms. The van der Waals surface area contributed by atoms with E-state index in [1.165, 1.54) is 0 Å². The Morgan fingerprint density at radius 1 is 0.919 bits per heavy atom. The summed E-state index contributed by atoms with van der Waals surface area (Å²) in [6.07, 6.45) is 0.746. The van der Waals surface area contributed by atoms with Gasteiger partial charge in [0.2, 0.25) is 5.82 Å². The van der Waals surface area contributed by atoms with Gasteiger partial charge >= 0.3 is 12.1 Å². The second-order valence-electron chi connectivity index (χ2n) is 8.80. The van der Waals surface area contributed by atoms with Gasteiger partial charge in [-0.15, -0.1) is 10.2 Å². The molecule has 1 aliphatic rings. The molecular weight excluding hydrogens is 468 g/mol. The van der Waals surface area contributed by atoms with Crippen LogP contribution in [-0.4, -0.2) is 50.3 Å². The number of rotatable bonds is 9. The molecular formula is C27H28N8O2. The summed E-state index contributed by atoms with van der Waals surface area (Å²) in [6.45, 7) is 3.01. The highest BCUT2D eigenvalue weighted by Crippen LogP contribution is 2.14. The summed E-state index contributed by atoms with van der Waals surface area (Å²) in [7, 11) is 0. The lowest BCUT2D eigenvalue weighted by Crippen LogP contribution is -2.28. The van der Waals surface area contributed by atoms with Gasteiger partial charge in [0.15, 0.2) is 0 Å². The summed E-state index contributed by atoms with van der Waals surface area (Å²) >= 11 is 0. The number of nitrogens with one attached hydrogen (secondary N) is 3. The molecule has 1 fully saturated rings. The van der Waals surface area contributed by atoms with Gasteiger partial charge in [-0.25, -0.2) is 9.59 Å². The minimum Gasteiger partial charge on any atom is -0.336 e. The highest BCUT2D eigenvalue weighted by Gasteiger charge is 2.19. The predicted octanol–water partition coefficient (Wildman–Crippen LogP) is 3.43. The van der Waals surface area contributed by atoms with E-state index in [1.807, 2.05) is 78.9 Å². The molecule has 0 radical (unpaired) electrons. The Bertz CT molecular complexity index is 1340. The second kappa shape index (κ2) is 11.3. The van der Waals surface area contributed by atoms with E-state index in [4.69, 9.17) is 0 Å². The number of amides is 4. The first-order chi connectivity index (χ1) is 18.1. The lowest BCUT2D eigenvalue weighted by molar-refractivity contribution is 0.215. The van der Waals surface area contributed by atoms with E-state index in [-0.39, 0.29) is 12.1 Å². The van der Waals surface area contributed by atoms with E-state index < -0.39 is 0 Å². The largest absolute Gasteiger partial charge is 0.336 e. The number of nitrogens with zero attached hydrogens (tertiary/aromatic N) is 5. The van der Waals surface area contributed by atoms with E-state index in [0.29, 0.717) is 37.7 Å². The van der Waals surface area contributed by atoms with Crippen LogP contribution in [0, 0.1) is 0 Å². The normalized spacial score (nSPS) is 12.9. The molecule has 0 saturated carbocycles. The molecule has 0 spiro atoms. The maximum atomic E-state index is 12.3. The van der Waals surface area contributed by atoms with Crippen molar-refractivity contribution in [2.75, 3.05) is 18.4 Å². The van der Waals surface area contributed by atoms with Gasteiger partial charge in [0.05, 0.1) is 6.54 Å². The monoisotopic (exact) mass is 496 g/mol. The van der Waals surface area contributed by atoms with Crippen molar-refractivity contribution in [3.05, 3.63) is 95.6 Å². The number of aryl methyl sites for hydroxylation is 2. The molecule has 10 heteroatoms. The zero-order valence-corrected chi connectivity index (χ0v) is 20.3. The Morgan fingerprint density at radius 3 is 2.38 bits per heavy atom. The number of anilines is 1. The van der Waals surface area contributed by atoms with Crippen LogP contribution in [0.3, 0.4) is 0 Å². The Labute approximate surface area is 214 Å². The van der Waals surface area contributed by atoms with Crippen molar-refractivity contribution >= 4 is 17.7 Å². The zero-order valence-electron chi connectivity index (χ0n) is 20.3. The Kier molecular flexibility index (Phi) is 7.35. The molecule has 2 heterocycles. The number of hydrogen-bond acceptors (Lipinski definition) is 5. The first-order valence-corrected chi connectivity index (χ1v) is 12.2. The van der Waals surface area contributed by atoms with Crippen LogP contribution in [0.4, 0.5) is 15.3 Å². The summed E-state index contributed by atoms with van der Waals surface area (Å²) < 4.78 is 0. The molecule has 3 aromatic carbocycles. The van der Waals surface area contributed by atoms with E-state index in [1.54, 1.807) is 9.70 Å². The summed E-state index contributed by atoms with van der Waals surface area (Å²) in [4.78, 5) is 27.4. The quantitative estimate of drug-likeness (QED) is 0.328. The molecule has 10 nitrogen and oxygen atoms in total. The lowest BCUT2D eigenvalue weighted by atomic mass is 10.1. The van der Waals surface area contributed by atoms with Crippen molar-refractivity contribution in [1.82, 2.24) is 35.7 Å². The molecule has 37 heavy (non-hydrogen) atoms. The number of hydrogen-bond donors (Lipinski definition) is 3. The van der Waals surface area contributed by atoms with E-state index >= 15 is 0 Å². The first kappa shape index (κ1) is 24.0. The minimum absolute atomic E-state index is 0.0277. The minimum atomic E-state index is -0.272. The zero-order chi connectivity index (χ0) is 25.5. The van der Waals surface area contributed by atoms with Crippen molar-refractivity contribution in [3.8, 4) is 11.4 Å². The van der Waals surface area contributed by atoms with Crippen LogP contribution in [0.1, 0.15) is 16.7 Å². The molecule has 4 aromatic rings. The molecule has 1 saturated heterocycles. The third-order valence-corrected chi connectivity index (χ3v) is 6.09. The summed E-state index contributed by atoms with van der Waals surface area (Å²) in [5.74, 6) is 0.609. The van der Waals surface area contributed by atoms with Crippen LogP contribution in [0.25, 0.3) is 11.4 Å². The van der Waals surface area contributed by atoms with Crippen molar-refractivity contribution in [2.24, 2.45) is 0 Å². The van der Waals surface area contributed by atoms with E-state index in [9.17, 15) is 9.59 Å². The number of carbonyl (C=O) groups is 2. The summed E-state index contributed by atoms with van der Waals surface area (Å²) in [6, 6.07) is 25.1. The van der Waals surface area contributed by atoms with Gasteiger partial charge in [0.1, 0.15) is 0 Å². The van der Waals surface area contributed by atoms with E-state index in [2.05, 4.69) is 31.4 Å². The number of benzene rings is 3. The molecule has 4 amide bonds. The van der Waals surface area contributed by atoms with Gasteiger partial charge in [-0.1, -0.05) is 66.7 Å². The molecule has 0 unspecified atom stereocenters. The van der Waals surface area contributed by atoms with Crippen LogP contribution < -0.4 is 16.0 Å². The van der Waals surface area contributed by atoms with Gasteiger partial charge in [-0.3, -0.25) is 0 Å². The molecule has 0 aliphatic carbocycles. The van der Waals surface area contributed by atoms with E-state index in [0.717, 1.165) is 35.2 Å². The number of carbonyl (C=O) groups excluding carboxylic acids is 2. The molecule has 1 aliphatic heterocycles. The standard InChI is InChI=1S/C27H28N8O2/c36-26(29-18-21-6-8-22(9-7-21)19-34-17-15-28-27(34)37)30-24-12-10-20(11-13-24)14-16-35-32-25(31-33-35)23-4-2-1-3-5-23/h1-13H,14-19H2,(H,28,37)(H2,29,30,36). The fourth-order valence-corrected chi connectivity index (χ4v) is 4.03. The maximum absolute atomic E-state index is 12.3. The van der Waals surface area contributed by atoms with Crippen molar-refractivity contribution < 1.29 is 9.59 Å². The van der Waals surface area contributed by atoms with Gasteiger partial charge in [0.25, 0.3) is 0 Å². The highest BCUT2D eigenvalue weighted by molar-refractivity contribution is 5.89. The Hall–Kier alpha value is -4.73. The maximum Gasteiger partial charge on any atom is 0.319 e. The molecule has 1 aromatic heterocycles. The van der Waals surface area contributed by atoms with Crippen LogP contribution >= 0.6 is 0 Å². The van der Waals surface area contributed by atoms with Crippen LogP contribution in [0.2, 0.25) is 0 Å². The third kappa shape index (κ3) is 6.49. The molecule has 5 rings (SSSR count). The van der Waals surface area contributed by atoms with Crippen molar-refractivity contribution in [3.63, 3.8) is 0 Å². The first-order valence-electron chi connectivity index (χ1n) is 12.2. The Morgan fingerprint density at radius 2 is 1.65 bits per heavy atom. The van der Waals surface area contributed by atoms with Crippen LogP contribution in [0.15, 0.2) is 78.9 Å². The fourth-order valence-electron chi connectivity index (χ4n) is 4.03. The average Bonchev–Trinajstić information content (AvgIpc) is 3.57. The summed E-state index contributed by atoms with van der Waals surface area (Å²) in [5, 5.41) is 21.2. The smallest absolute Gasteiger partial charge is 0.319 e. The fraction of sp³-hybridized carbons (Fsp3) is 0.222. The molecule has 3 N–H and O–H groups in total. The van der Waals surface area contributed by atoms with Crippen molar-refractivity contribution in [2.45, 2.75) is 26.1 Å². The topological polar surface area (TPSA) is 117 Å². The lowest BCUT2D eigenvalue weighted by Gasteiger charge is -2.14. The van der Waals surface area contributed by atoms with Gasteiger partial charge in [-0.05, 0) is 40.5 Å².